The number of para-hydroxylation sites is 2. The number of fused-ring (bicyclic) bond motifs is 2. The van der Waals surface area contributed by atoms with E-state index in [0.717, 1.165) is 27.7 Å². The maximum absolute atomic E-state index is 12.5. The lowest BCUT2D eigenvalue weighted by Crippen LogP contribution is -2.28. The molecule has 3 nitrogen and oxygen atoms in total. The highest BCUT2D eigenvalue weighted by molar-refractivity contribution is 6.20. The molecule has 22 heavy (non-hydrogen) atoms. The van der Waals surface area contributed by atoms with Gasteiger partial charge in [0.25, 0.3) is 0 Å². The van der Waals surface area contributed by atoms with Gasteiger partial charge in [0.2, 0.25) is 11.3 Å². The average Bonchev–Trinajstić information content (AvgIpc) is 2.87. The number of benzene rings is 2. The minimum atomic E-state index is 0.0490. The predicted octanol–water partition coefficient (Wildman–Crippen LogP) is 3.31. The van der Waals surface area contributed by atoms with E-state index in [0.29, 0.717) is 5.70 Å². The van der Waals surface area contributed by atoms with Crippen LogP contribution in [-0.4, -0.2) is 5.78 Å². The molecular weight excluding hydrogens is 272 g/mol. The number of Topliss-reactive ketones (excluding diaryl/α,β-unsaturated/α-hetero) is 1. The molecule has 1 N–H and O–H groups in total. The summed E-state index contributed by atoms with van der Waals surface area (Å²) in [5.74, 6) is 0.0490. The maximum Gasteiger partial charge on any atom is 0.212 e. The van der Waals surface area contributed by atoms with Crippen molar-refractivity contribution in [3.8, 4) is 0 Å². The highest BCUT2D eigenvalue weighted by atomic mass is 16.1. The van der Waals surface area contributed by atoms with Gasteiger partial charge in [0.1, 0.15) is 7.05 Å². The highest BCUT2D eigenvalue weighted by Crippen LogP contribution is 2.29. The van der Waals surface area contributed by atoms with Crippen LogP contribution in [0.25, 0.3) is 17.0 Å². The lowest BCUT2D eigenvalue weighted by atomic mass is 10.1. The minimum Gasteiger partial charge on any atom is -0.352 e. The van der Waals surface area contributed by atoms with Crippen LogP contribution in [0.4, 0.5) is 5.69 Å². The molecule has 0 saturated heterocycles. The van der Waals surface area contributed by atoms with Crippen molar-refractivity contribution in [2.45, 2.75) is 0 Å². The zero-order valence-electron chi connectivity index (χ0n) is 12.2. The minimum absolute atomic E-state index is 0.0490. The number of aromatic nitrogens is 1. The Hall–Kier alpha value is -2.94. The third kappa shape index (κ3) is 1.91. The van der Waals surface area contributed by atoms with Crippen LogP contribution < -0.4 is 9.88 Å². The van der Waals surface area contributed by atoms with Gasteiger partial charge in [-0.25, -0.2) is 4.57 Å². The summed E-state index contributed by atoms with van der Waals surface area (Å²) in [4.78, 5) is 12.5. The Balaban J connectivity index is 1.86. The molecule has 0 fully saturated rings. The quantitative estimate of drug-likeness (QED) is 0.550. The Morgan fingerprint density at radius 1 is 1.00 bits per heavy atom. The second kappa shape index (κ2) is 4.81. The fourth-order valence-corrected chi connectivity index (χ4v) is 2.91. The van der Waals surface area contributed by atoms with Gasteiger partial charge >= 0.3 is 0 Å². The molecule has 0 saturated carbocycles. The standard InChI is InChI=1S/C19H14N2O/c1-21-11-10-13(14-6-3-5-9-18(14)21)12-17-19(22)15-7-2-4-8-16(15)20-17/h2-12H,1H3/p+1. The average molecular weight is 287 g/mol. The summed E-state index contributed by atoms with van der Waals surface area (Å²) in [6.45, 7) is 0. The first-order chi connectivity index (χ1) is 10.7. The molecule has 2 aromatic carbocycles. The van der Waals surface area contributed by atoms with E-state index in [-0.39, 0.29) is 5.78 Å². The Bertz CT molecular complexity index is 941. The van der Waals surface area contributed by atoms with Gasteiger partial charge in [0.15, 0.2) is 6.20 Å². The number of nitrogens with one attached hydrogen (secondary N) is 1. The lowest BCUT2D eigenvalue weighted by molar-refractivity contribution is -0.644. The second-order valence-electron chi connectivity index (χ2n) is 5.46. The first-order valence-corrected chi connectivity index (χ1v) is 7.24. The predicted molar refractivity (Wildman–Crippen MR) is 87.5 cm³/mol. The summed E-state index contributed by atoms with van der Waals surface area (Å²) in [6, 6.07) is 17.8. The molecular formula is C19H15N2O+. The number of anilines is 1. The monoisotopic (exact) mass is 287 g/mol. The topological polar surface area (TPSA) is 33.0 Å². The van der Waals surface area contributed by atoms with Crippen LogP contribution in [0.3, 0.4) is 0 Å². The van der Waals surface area contributed by atoms with Crippen LogP contribution in [0.5, 0.6) is 0 Å². The van der Waals surface area contributed by atoms with Gasteiger partial charge in [-0.1, -0.05) is 24.3 Å². The Morgan fingerprint density at radius 2 is 1.77 bits per heavy atom. The smallest absolute Gasteiger partial charge is 0.212 e. The van der Waals surface area contributed by atoms with E-state index in [4.69, 9.17) is 0 Å². The zero-order valence-corrected chi connectivity index (χ0v) is 12.2. The van der Waals surface area contributed by atoms with Gasteiger partial charge in [-0.3, -0.25) is 4.79 Å². The summed E-state index contributed by atoms with van der Waals surface area (Å²) < 4.78 is 2.08. The van der Waals surface area contributed by atoms with Gasteiger partial charge in [-0.2, -0.15) is 0 Å². The van der Waals surface area contributed by atoms with Crippen molar-refractivity contribution in [3.63, 3.8) is 0 Å². The molecule has 2 heterocycles. The van der Waals surface area contributed by atoms with Crippen LogP contribution in [0, 0.1) is 0 Å². The van der Waals surface area contributed by atoms with E-state index in [1.54, 1.807) is 0 Å². The Labute approximate surface area is 128 Å². The first kappa shape index (κ1) is 12.8. The molecule has 0 atom stereocenters. The number of ketones is 1. The van der Waals surface area contributed by atoms with Crippen LogP contribution in [0.2, 0.25) is 0 Å². The highest BCUT2D eigenvalue weighted by Gasteiger charge is 2.24. The SMILES string of the molecule is C[n+]1ccc(/C=C2/Nc3ccccc3C2=O)c2ccccc21. The van der Waals surface area contributed by atoms with Crippen molar-refractivity contribution < 1.29 is 9.36 Å². The molecule has 0 radical (unpaired) electrons. The molecule has 4 rings (SSSR count). The molecule has 0 aliphatic carbocycles. The van der Waals surface area contributed by atoms with Crippen LogP contribution in [-0.2, 0) is 7.05 Å². The van der Waals surface area contributed by atoms with Crippen LogP contribution in [0.1, 0.15) is 15.9 Å². The first-order valence-electron chi connectivity index (χ1n) is 7.24. The van der Waals surface area contributed by atoms with E-state index in [9.17, 15) is 4.79 Å². The number of hydrogen-bond donors (Lipinski definition) is 1. The molecule has 0 spiro atoms. The third-order valence-electron chi connectivity index (χ3n) is 4.06. The number of allylic oxidation sites excluding steroid dienone is 1. The van der Waals surface area contributed by atoms with Crippen molar-refractivity contribution in [2.75, 3.05) is 5.32 Å². The number of aryl methyl sites for hydroxylation is 1. The Kier molecular flexibility index (Phi) is 2.79. The number of pyridine rings is 1. The van der Waals surface area contributed by atoms with Crippen molar-refractivity contribution in [1.82, 2.24) is 0 Å². The third-order valence-corrected chi connectivity index (χ3v) is 4.06. The molecule has 3 heteroatoms. The van der Waals surface area contributed by atoms with Gasteiger partial charge in [-0.05, 0) is 29.8 Å². The summed E-state index contributed by atoms with van der Waals surface area (Å²) in [7, 11) is 2.02. The zero-order chi connectivity index (χ0) is 15.1. The van der Waals surface area contributed by atoms with Crippen LogP contribution >= 0.6 is 0 Å². The van der Waals surface area contributed by atoms with Gasteiger partial charge in [0.05, 0.1) is 11.1 Å². The van der Waals surface area contributed by atoms with Gasteiger partial charge in [0, 0.05) is 23.4 Å². The van der Waals surface area contributed by atoms with E-state index >= 15 is 0 Å². The van der Waals surface area contributed by atoms with Crippen molar-refractivity contribution in [3.05, 3.63) is 77.6 Å². The molecule has 0 amide bonds. The summed E-state index contributed by atoms with van der Waals surface area (Å²) >= 11 is 0. The number of rotatable bonds is 1. The van der Waals surface area contributed by atoms with Gasteiger partial charge < -0.3 is 5.32 Å². The number of carbonyl (C=O) groups excluding carboxylic acids is 1. The molecule has 1 aliphatic rings. The number of nitrogens with zero attached hydrogens (tertiary/aromatic N) is 1. The molecule has 1 aromatic heterocycles. The lowest BCUT2D eigenvalue weighted by Gasteiger charge is -2.03. The maximum atomic E-state index is 12.5. The van der Waals surface area contributed by atoms with Crippen molar-refractivity contribution in [1.29, 1.82) is 0 Å². The summed E-state index contributed by atoms with van der Waals surface area (Å²) in [5.41, 5.74) is 4.42. The van der Waals surface area contributed by atoms with E-state index in [1.165, 1.54) is 0 Å². The van der Waals surface area contributed by atoms with Crippen molar-refractivity contribution >= 4 is 28.4 Å². The second-order valence-corrected chi connectivity index (χ2v) is 5.46. The van der Waals surface area contributed by atoms with E-state index in [2.05, 4.69) is 22.0 Å². The molecule has 0 bridgehead atoms. The molecule has 0 unspecified atom stereocenters. The fourth-order valence-electron chi connectivity index (χ4n) is 2.91. The van der Waals surface area contributed by atoms with Crippen LogP contribution in [0.15, 0.2) is 66.5 Å². The van der Waals surface area contributed by atoms with E-state index < -0.39 is 0 Å². The van der Waals surface area contributed by atoms with Gasteiger partial charge in [-0.15, -0.1) is 0 Å². The Morgan fingerprint density at radius 3 is 2.64 bits per heavy atom. The molecule has 106 valence electrons. The largest absolute Gasteiger partial charge is 0.352 e. The summed E-state index contributed by atoms with van der Waals surface area (Å²) in [6.07, 6.45) is 3.95. The van der Waals surface area contributed by atoms with E-state index in [1.807, 2.05) is 61.8 Å². The fraction of sp³-hybridized carbons (Fsp3) is 0.0526. The normalized spacial score (nSPS) is 15.1. The molecule has 1 aliphatic heterocycles. The number of hydrogen-bond acceptors (Lipinski definition) is 2. The summed E-state index contributed by atoms with van der Waals surface area (Å²) in [5, 5.41) is 4.35. The van der Waals surface area contributed by atoms with Crippen molar-refractivity contribution in [2.24, 2.45) is 7.05 Å². The number of carbonyl (C=O) groups is 1. The molecule has 3 aromatic rings.